The van der Waals surface area contributed by atoms with Gasteiger partial charge in [-0.3, -0.25) is 9.59 Å². The molecule has 1 aliphatic rings. The molecule has 0 radical (unpaired) electrons. The molecule has 1 aliphatic heterocycles. The molecule has 5 N–H and O–H groups in total. The van der Waals surface area contributed by atoms with Gasteiger partial charge in [0.05, 0.1) is 24.0 Å². The Labute approximate surface area is 245 Å². The molecule has 1 fully saturated rings. The van der Waals surface area contributed by atoms with E-state index in [-0.39, 0.29) is 42.3 Å². The number of primary amides is 1. The van der Waals surface area contributed by atoms with Crippen LogP contribution in [0.5, 0.6) is 5.75 Å². The molecule has 4 amide bonds. The third-order valence-electron chi connectivity index (χ3n) is 7.01. The second-order valence-electron chi connectivity index (χ2n) is 9.69. The van der Waals surface area contributed by atoms with E-state index in [1.54, 1.807) is 26.0 Å². The summed E-state index contributed by atoms with van der Waals surface area (Å²) in [7, 11) is 1.46. The van der Waals surface area contributed by atoms with E-state index in [9.17, 15) is 28.3 Å². The number of aliphatic hydroxyl groups excluding tert-OH is 1. The van der Waals surface area contributed by atoms with Crippen LogP contribution in [-0.2, 0) is 7.05 Å². The van der Waals surface area contributed by atoms with Gasteiger partial charge in [0, 0.05) is 43.5 Å². The third kappa shape index (κ3) is 6.10. The van der Waals surface area contributed by atoms with Crippen molar-refractivity contribution in [1.29, 1.82) is 5.26 Å². The topological polar surface area (TPSA) is 179 Å². The minimum absolute atomic E-state index is 0.101. The van der Waals surface area contributed by atoms with Crippen LogP contribution in [0.4, 0.5) is 19.3 Å². The van der Waals surface area contributed by atoms with Crippen molar-refractivity contribution in [3.63, 3.8) is 0 Å². The molecule has 0 unspecified atom stereocenters. The van der Waals surface area contributed by atoms with Crippen molar-refractivity contribution in [1.82, 2.24) is 24.9 Å². The fourth-order valence-corrected chi connectivity index (χ4v) is 4.89. The molecule has 0 saturated carbocycles. The van der Waals surface area contributed by atoms with Crippen LogP contribution in [0.2, 0.25) is 0 Å². The van der Waals surface area contributed by atoms with Gasteiger partial charge in [-0.2, -0.15) is 9.65 Å². The lowest BCUT2D eigenvalue weighted by atomic mass is 10.1. The second-order valence-corrected chi connectivity index (χ2v) is 9.69. The van der Waals surface area contributed by atoms with Gasteiger partial charge in [0.1, 0.15) is 6.07 Å². The number of carbonyl (C=O) groups excluding carboxylic acids is 3. The van der Waals surface area contributed by atoms with Crippen molar-refractivity contribution in [2.24, 2.45) is 12.8 Å². The van der Waals surface area contributed by atoms with Crippen LogP contribution in [0, 0.1) is 29.9 Å². The lowest BCUT2D eigenvalue weighted by Gasteiger charge is -2.38. The Morgan fingerprint density at radius 2 is 2.00 bits per heavy atom. The van der Waals surface area contributed by atoms with Crippen LogP contribution < -0.4 is 21.1 Å². The molecule has 0 bridgehead atoms. The van der Waals surface area contributed by atoms with Crippen molar-refractivity contribution in [2.75, 3.05) is 31.6 Å². The van der Waals surface area contributed by atoms with Crippen molar-refractivity contribution in [3.05, 3.63) is 65.1 Å². The van der Waals surface area contributed by atoms with Crippen LogP contribution in [0.1, 0.15) is 33.5 Å². The number of carbonyl (C=O) groups is 3. The molecule has 3 aromatic rings. The number of hydrogen-bond donors (Lipinski definition) is 4. The molecule has 2 heterocycles. The summed E-state index contributed by atoms with van der Waals surface area (Å²) in [6.45, 7) is 3.48. The fourth-order valence-electron chi connectivity index (χ4n) is 4.89. The number of imidazole rings is 1. The summed E-state index contributed by atoms with van der Waals surface area (Å²) in [5.74, 6) is -4.20. The number of ether oxygens (including phenoxy) is 1. The number of anilines is 1. The van der Waals surface area contributed by atoms with Gasteiger partial charge in [0.25, 0.3) is 11.8 Å². The van der Waals surface area contributed by atoms with Crippen molar-refractivity contribution in [3.8, 4) is 23.1 Å². The Hall–Kier alpha value is -5.07. The first kappa shape index (κ1) is 30.9. The average molecular weight is 597 g/mol. The summed E-state index contributed by atoms with van der Waals surface area (Å²) in [6, 6.07) is 7.03. The maximum atomic E-state index is 14.8. The van der Waals surface area contributed by atoms with Gasteiger partial charge >= 0.3 is 6.03 Å². The molecule has 226 valence electrons. The van der Waals surface area contributed by atoms with Gasteiger partial charge in [-0.15, -0.1) is 0 Å². The lowest BCUT2D eigenvalue weighted by Crippen LogP contribution is -2.59. The van der Waals surface area contributed by atoms with Gasteiger partial charge in [0.15, 0.2) is 24.0 Å². The number of aryl methyl sites for hydroxylation is 1. The second kappa shape index (κ2) is 12.8. The zero-order valence-electron chi connectivity index (χ0n) is 23.6. The standard InChI is InChI=1S/C28H30F2N8O5/c1-4-37(38(28(32)42)20-12-33-14-21(20)39)27(41)17-6-5-16(11-15(17)2)35-26(40)25-34-13-19(36(25)3)18-7-8-22(43-10-9-31)24(30)23(18)29/h5-8,11,13,20-21,33,39H,4,10,12,14H2,1-3H3,(H2,32,42)(H,35,40)/t20-,21-/m0/s1. The number of nitrogens with two attached hydrogens (primary N) is 1. The molecule has 43 heavy (non-hydrogen) atoms. The molecule has 2 atom stereocenters. The molecule has 0 aliphatic carbocycles. The first-order valence-electron chi connectivity index (χ1n) is 13.2. The number of benzene rings is 2. The Morgan fingerprint density at radius 1 is 1.26 bits per heavy atom. The predicted octanol–water partition coefficient (Wildman–Crippen LogP) is 1.92. The summed E-state index contributed by atoms with van der Waals surface area (Å²) in [4.78, 5) is 42.9. The Morgan fingerprint density at radius 3 is 2.60 bits per heavy atom. The van der Waals surface area contributed by atoms with E-state index in [0.717, 1.165) is 5.01 Å². The van der Waals surface area contributed by atoms with Crippen LogP contribution in [0.15, 0.2) is 36.5 Å². The molecule has 4 rings (SSSR count). The van der Waals surface area contributed by atoms with E-state index in [1.165, 1.54) is 47.1 Å². The van der Waals surface area contributed by atoms with Crippen LogP contribution in [0.3, 0.4) is 0 Å². The molecule has 1 aromatic heterocycles. The zero-order chi connectivity index (χ0) is 31.4. The summed E-state index contributed by atoms with van der Waals surface area (Å²) >= 11 is 0. The highest BCUT2D eigenvalue weighted by molar-refractivity contribution is 6.03. The number of aromatic nitrogens is 2. The normalized spacial score (nSPS) is 15.9. The summed E-state index contributed by atoms with van der Waals surface area (Å²) < 4.78 is 35.4. The number of hydrazine groups is 1. The van der Waals surface area contributed by atoms with Crippen LogP contribution in [0.25, 0.3) is 11.3 Å². The van der Waals surface area contributed by atoms with Crippen LogP contribution >= 0.6 is 0 Å². The number of halogens is 2. The van der Waals surface area contributed by atoms with Crippen molar-refractivity contribution >= 4 is 23.5 Å². The maximum absolute atomic E-state index is 14.8. The third-order valence-corrected chi connectivity index (χ3v) is 7.01. The zero-order valence-corrected chi connectivity index (χ0v) is 23.6. The van der Waals surface area contributed by atoms with E-state index in [1.807, 2.05) is 0 Å². The summed E-state index contributed by atoms with van der Waals surface area (Å²) in [6.07, 6.45) is 0.314. The number of amides is 4. The van der Waals surface area contributed by atoms with E-state index < -0.39 is 54.0 Å². The minimum Gasteiger partial charge on any atom is -0.476 e. The Bertz CT molecular complexity index is 1600. The molecule has 0 spiro atoms. The number of nitrogens with zero attached hydrogens (tertiary/aromatic N) is 5. The Balaban J connectivity index is 1.53. The van der Waals surface area contributed by atoms with Gasteiger partial charge in [0.2, 0.25) is 5.82 Å². The van der Waals surface area contributed by atoms with E-state index >= 15 is 0 Å². The van der Waals surface area contributed by atoms with Crippen LogP contribution in [-0.4, -0.2) is 80.9 Å². The molecule has 1 saturated heterocycles. The maximum Gasteiger partial charge on any atom is 0.334 e. The molecule has 15 heteroatoms. The average Bonchev–Trinajstić information content (AvgIpc) is 3.56. The molecule has 13 nitrogen and oxygen atoms in total. The smallest absolute Gasteiger partial charge is 0.334 e. The highest BCUT2D eigenvalue weighted by Crippen LogP contribution is 2.30. The number of rotatable bonds is 8. The highest BCUT2D eigenvalue weighted by Gasteiger charge is 2.38. The molecular weight excluding hydrogens is 566 g/mol. The monoisotopic (exact) mass is 596 g/mol. The summed E-state index contributed by atoms with van der Waals surface area (Å²) in [5, 5.41) is 26.7. The van der Waals surface area contributed by atoms with E-state index in [4.69, 9.17) is 15.7 Å². The van der Waals surface area contributed by atoms with Crippen molar-refractivity contribution in [2.45, 2.75) is 26.0 Å². The van der Waals surface area contributed by atoms with Gasteiger partial charge in [-0.25, -0.2) is 24.2 Å². The molecule has 2 aromatic carbocycles. The van der Waals surface area contributed by atoms with E-state index in [2.05, 4.69) is 15.6 Å². The first-order valence-corrected chi connectivity index (χ1v) is 13.2. The summed E-state index contributed by atoms with van der Waals surface area (Å²) in [5.41, 5.74) is 6.57. The quantitative estimate of drug-likeness (QED) is 0.285. The number of urea groups is 1. The SMILES string of the molecule is CCN(C(=O)c1ccc(NC(=O)c2ncc(-c3ccc(OCC#N)c(F)c3F)n2C)cc1C)N(C(N)=O)[C@H]1CNC[C@@H]1O. The lowest BCUT2D eigenvalue weighted by molar-refractivity contribution is -0.0243. The molecular formula is C28H30F2N8O5. The largest absolute Gasteiger partial charge is 0.476 e. The predicted molar refractivity (Wildman–Crippen MR) is 150 cm³/mol. The number of β-amino-alcohol motifs (C(OH)–C–C–N with tert-alkyl or cyclic N) is 1. The number of aliphatic hydroxyl groups is 1. The minimum atomic E-state index is -1.28. The van der Waals surface area contributed by atoms with Crippen molar-refractivity contribution < 1.29 is 33.0 Å². The highest BCUT2D eigenvalue weighted by atomic mass is 19.2. The first-order chi connectivity index (χ1) is 20.5. The van der Waals surface area contributed by atoms with Gasteiger partial charge in [-0.1, -0.05) is 0 Å². The van der Waals surface area contributed by atoms with Gasteiger partial charge in [-0.05, 0) is 49.7 Å². The number of nitrogens with one attached hydrogen (secondary N) is 2. The Kier molecular flexibility index (Phi) is 9.22. The van der Waals surface area contributed by atoms with Gasteiger partial charge < -0.3 is 30.8 Å². The number of hydrogen-bond acceptors (Lipinski definition) is 8. The number of nitriles is 1. The fraction of sp³-hybridized carbons (Fsp3) is 0.321. The van der Waals surface area contributed by atoms with E-state index in [0.29, 0.717) is 11.3 Å².